The highest BCUT2D eigenvalue weighted by molar-refractivity contribution is 5.95. The van der Waals surface area contributed by atoms with E-state index in [1.54, 1.807) is 12.3 Å². The highest BCUT2D eigenvalue weighted by Gasteiger charge is 2.32. The number of hydrogen-bond acceptors (Lipinski definition) is 5. The Hall–Kier alpha value is -3.92. The average Bonchev–Trinajstić information content (AvgIpc) is 2.91. The Balaban J connectivity index is 1.30. The molecular weight excluding hydrogens is 509 g/mol. The standard InChI is InChI=1S/C29H29F3N4O3/c1-2-33-16-17-11-20(13-21(12-17)29(30,31)32)28(38)35-22-5-3-18-4-6-23(15-19(18)14-22)39-25-9-10-34-27-24(25)7-8-26(37)36-27/h4,6,9-13,15,22,33H,2-3,5,7-8,14,16H2,1H3,(H,35,38)(H,34,36,37)/t22-/m1/s1. The molecule has 1 aliphatic carbocycles. The van der Waals surface area contributed by atoms with E-state index in [1.807, 2.05) is 25.1 Å². The zero-order valence-corrected chi connectivity index (χ0v) is 21.5. The third kappa shape index (κ3) is 6.22. The Morgan fingerprint density at radius 2 is 1.95 bits per heavy atom. The Bertz CT molecular complexity index is 1410. The molecule has 3 aromatic rings. The van der Waals surface area contributed by atoms with Gasteiger partial charge in [-0.25, -0.2) is 4.98 Å². The van der Waals surface area contributed by atoms with E-state index in [1.165, 1.54) is 6.07 Å². The molecule has 0 fully saturated rings. The summed E-state index contributed by atoms with van der Waals surface area (Å²) in [5.74, 6) is 1.15. The zero-order valence-electron chi connectivity index (χ0n) is 21.5. The minimum Gasteiger partial charge on any atom is -0.457 e. The van der Waals surface area contributed by atoms with Crippen LogP contribution in [-0.4, -0.2) is 29.4 Å². The molecule has 0 saturated heterocycles. The third-order valence-corrected chi connectivity index (χ3v) is 7.00. The van der Waals surface area contributed by atoms with Crippen LogP contribution < -0.4 is 20.7 Å². The molecule has 0 radical (unpaired) electrons. The number of aromatic nitrogens is 1. The van der Waals surface area contributed by atoms with Crippen LogP contribution in [0, 0.1) is 0 Å². The first-order chi connectivity index (χ1) is 18.7. The second-order valence-corrected chi connectivity index (χ2v) is 9.83. The van der Waals surface area contributed by atoms with Gasteiger partial charge >= 0.3 is 6.18 Å². The summed E-state index contributed by atoms with van der Waals surface area (Å²) in [4.78, 5) is 29.0. The largest absolute Gasteiger partial charge is 0.457 e. The van der Waals surface area contributed by atoms with Crippen molar-refractivity contribution in [3.63, 3.8) is 0 Å². The fourth-order valence-electron chi connectivity index (χ4n) is 5.03. The quantitative estimate of drug-likeness (QED) is 0.386. The van der Waals surface area contributed by atoms with Crippen molar-refractivity contribution in [3.05, 3.63) is 82.0 Å². The smallest absolute Gasteiger partial charge is 0.416 e. The molecule has 2 aromatic carbocycles. The van der Waals surface area contributed by atoms with E-state index in [9.17, 15) is 22.8 Å². The zero-order chi connectivity index (χ0) is 27.6. The number of carbonyl (C=O) groups excluding carboxylic acids is 2. The lowest BCUT2D eigenvalue weighted by Crippen LogP contribution is -2.39. The van der Waals surface area contributed by atoms with Crippen LogP contribution in [0.15, 0.2) is 48.7 Å². The third-order valence-electron chi connectivity index (χ3n) is 7.00. The summed E-state index contributed by atoms with van der Waals surface area (Å²) in [5, 5.41) is 8.71. The molecule has 39 heavy (non-hydrogen) atoms. The van der Waals surface area contributed by atoms with Crippen molar-refractivity contribution in [2.45, 2.75) is 57.8 Å². The molecule has 10 heteroatoms. The van der Waals surface area contributed by atoms with Crippen molar-refractivity contribution >= 4 is 17.6 Å². The summed E-state index contributed by atoms with van der Waals surface area (Å²) >= 11 is 0. The Labute approximate surface area is 224 Å². The van der Waals surface area contributed by atoms with E-state index in [0.29, 0.717) is 55.1 Å². The fourth-order valence-corrected chi connectivity index (χ4v) is 5.03. The normalized spacial score (nSPS) is 16.6. The van der Waals surface area contributed by atoms with Crippen molar-refractivity contribution in [2.24, 2.45) is 0 Å². The van der Waals surface area contributed by atoms with Crippen LogP contribution >= 0.6 is 0 Å². The number of benzene rings is 2. The molecular formula is C29H29F3N4O3. The van der Waals surface area contributed by atoms with Crippen LogP contribution in [-0.2, 0) is 36.8 Å². The highest BCUT2D eigenvalue weighted by Crippen LogP contribution is 2.35. The van der Waals surface area contributed by atoms with Gasteiger partial charge in [0.05, 0.1) is 5.56 Å². The summed E-state index contributed by atoms with van der Waals surface area (Å²) in [6.07, 6.45) is -0.117. The summed E-state index contributed by atoms with van der Waals surface area (Å²) < 4.78 is 46.6. The van der Waals surface area contributed by atoms with Crippen molar-refractivity contribution in [1.29, 1.82) is 0 Å². The van der Waals surface area contributed by atoms with E-state index >= 15 is 0 Å². The van der Waals surface area contributed by atoms with Gasteiger partial charge in [-0.3, -0.25) is 9.59 Å². The van der Waals surface area contributed by atoms with Crippen molar-refractivity contribution < 1.29 is 27.5 Å². The van der Waals surface area contributed by atoms with Crippen LogP contribution in [0.3, 0.4) is 0 Å². The molecule has 7 nitrogen and oxygen atoms in total. The Morgan fingerprint density at radius 3 is 2.74 bits per heavy atom. The molecule has 3 N–H and O–H groups in total. The minimum absolute atomic E-state index is 0.00448. The molecule has 204 valence electrons. The van der Waals surface area contributed by atoms with E-state index in [0.717, 1.165) is 35.2 Å². The van der Waals surface area contributed by atoms with E-state index in [2.05, 4.69) is 20.9 Å². The van der Waals surface area contributed by atoms with Crippen LogP contribution in [0.5, 0.6) is 11.5 Å². The Kier molecular flexibility index (Phi) is 7.56. The number of halogens is 3. The fraction of sp³-hybridized carbons (Fsp3) is 0.345. The first-order valence-corrected chi connectivity index (χ1v) is 13.0. The van der Waals surface area contributed by atoms with Crippen LogP contribution in [0.25, 0.3) is 0 Å². The predicted octanol–water partition coefficient (Wildman–Crippen LogP) is 5.17. The van der Waals surface area contributed by atoms with Gasteiger partial charge in [0, 0.05) is 36.3 Å². The molecule has 1 aromatic heterocycles. The molecule has 0 unspecified atom stereocenters. The number of amides is 2. The number of fused-ring (bicyclic) bond motifs is 2. The maximum atomic E-state index is 13.5. The number of anilines is 1. The van der Waals surface area contributed by atoms with Crippen molar-refractivity contribution in [2.75, 3.05) is 11.9 Å². The first-order valence-electron chi connectivity index (χ1n) is 13.0. The summed E-state index contributed by atoms with van der Waals surface area (Å²) in [7, 11) is 0. The number of rotatable bonds is 7. The molecule has 5 rings (SSSR count). The van der Waals surface area contributed by atoms with Gasteiger partial charge in [0.2, 0.25) is 5.91 Å². The molecule has 1 aliphatic heterocycles. The lowest BCUT2D eigenvalue weighted by Gasteiger charge is -2.26. The molecule has 0 saturated carbocycles. The molecule has 1 atom stereocenters. The van der Waals surface area contributed by atoms with E-state index in [-0.39, 0.29) is 24.1 Å². The monoisotopic (exact) mass is 538 g/mol. The minimum atomic E-state index is -4.54. The van der Waals surface area contributed by atoms with Gasteiger partial charge in [-0.15, -0.1) is 0 Å². The average molecular weight is 539 g/mol. The highest BCUT2D eigenvalue weighted by atomic mass is 19.4. The number of ether oxygens (including phenoxy) is 1. The first kappa shape index (κ1) is 26.7. The van der Waals surface area contributed by atoms with E-state index in [4.69, 9.17) is 4.74 Å². The molecule has 2 amide bonds. The maximum Gasteiger partial charge on any atom is 0.416 e. The number of alkyl halides is 3. The van der Waals surface area contributed by atoms with Gasteiger partial charge in [0.1, 0.15) is 17.3 Å². The number of hydrogen-bond donors (Lipinski definition) is 3. The van der Waals surface area contributed by atoms with Gasteiger partial charge in [-0.1, -0.05) is 13.0 Å². The van der Waals surface area contributed by atoms with Gasteiger partial charge < -0.3 is 20.7 Å². The van der Waals surface area contributed by atoms with Gasteiger partial charge in [-0.05, 0) is 85.3 Å². The number of pyridine rings is 1. The topological polar surface area (TPSA) is 92.3 Å². The predicted molar refractivity (Wildman–Crippen MR) is 140 cm³/mol. The summed E-state index contributed by atoms with van der Waals surface area (Å²) in [6, 6.07) is 10.8. The summed E-state index contributed by atoms with van der Waals surface area (Å²) in [5.41, 5.74) is 2.56. The van der Waals surface area contributed by atoms with Crippen molar-refractivity contribution in [3.8, 4) is 11.5 Å². The van der Waals surface area contributed by atoms with Crippen molar-refractivity contribution in [1.82, 2.24) is 15.6 Å². The number of nitrogens with zero attached hydrogens (tertiary/aromatic N) is 1. The van der Waals surface area contributed by atoms with Crippen LogP contribution in [0.4, 0.5) is 19.0 Å². The molecule has 0 bridgehead atoms. The molecule has 0 spiro atoms. The van der Waals surface area contributed by atoms with E-state index < -0.39 is 17.6 Å². The lowest BCUT2D eigenvalue weighted by molar-refractivity contribution is -0.137. The second kappa shape index (κ2) is 11.1. The SMILES string of the molecule is CCNCc1cc(C(=O)N[C@@H]2CCc3ccc(Oc4ccnc5c4CCC(=O)N5)cc3C2)cc(C(F)(F)F)c1. The van der Waals surface area contributed by atoms with Gasteiger partial charge in [0.25, 0.3) is 5.91 Å². The van der Waals surface area contributed by atoms with Gasteiger partial charge in [0.15, 0.2) is 0 Å². The van der Waals surface area contributed by atoms with Gasteiger partial charge in [-0.2, -0.15) is 13.2 Å². The van der Waals surface area contributed by atoms with Crippen LogP contribution in [0.2, 0.25) is 0 Å². The summed E-state index contributed by atoms with van der Waals surface area (Å²) in [6.45, 7) is 2.71. The number of aryl methyl sites for hydroxylation is 1. The van der Waals surface area contributed by atoms with Crippen LogP contribution in [0.1, 0.15) is 57.9 Å². The lowest BCUT2D eigenvalue weighted by atomic mass is 9.88. The molecule has 2 heterocycles. The number of carbonyl (C=O) groups is 2. The Morgan fingerprint density at radius 1 is 1.10 bits per heavy atom. The maximum absolute atomic E-state index is 13.5. The molecule has 2 aliphatic rings. The second-order valence-electron chi connectivity index (χ2n) is 9.83. The number of nitrogens with one attached hydrogen (secondary N) is 3.